The van der Waals surface area contributed by atoms with Gasteiger partial charge in [0.15, 0.2) is 5.96 Å². The maximum Gasteiger partial charge on any atom is 0.192 e. The molecule has 2 N–H and O–H groups in total. The highest BCUT2D eigenvalue weighted by Crippen LogP contribution is 2.15. The van der Waals surface area contributed by atoms with Gasteiger partial charge in [-0.15, -0.1) is 0 Å². The lowest BCUT2D eigenvalue weighted by Gasteiger charge is -2.18. The number of nitrogens with zero attached hydrogens (tertiary/aromatic N) is 2. The molecule has 6 nitrogen and oxygen atoms in total. The summed E-state index contributed by atoms with van der Waals surface area (Å²) in [4.78, 5) is 6.94. The monoisotopic (exact) mass is 412 g/mol. The molecular formula is C24H36N4O2. The molecule has 0 aromatic heterocycles. The number of methoxy groups -OCH3 is 1. The van der Waals surface area contributed by atoms with Crippen molar-refractivity contribution in [2.75, 3.05) is 47.0 Å². The number of aliphatic imine (C=N–C) groups is 1. The zero-order chi connectivity index (χ0) is 21.6. The first-order chi connectivity index (χ1) is 14.6. The Hall–Kier alpha value is -2.57. The fourth-order valence-corrected chi connectivity index (χ4v) is 2.93. The Balaban J connectivity index is 1.90. The van der Waals surface area contributed by atoms with Crippen molar-refractivity contribution in [3.05, 3.63) is 65.7 Å². The van der Waals surface area contributed by atoms with Gasteiger partial charge in [-0.25, -0.2) is 4.99 Å². The third kappa shape index (κ3) is 8.84. The van der Waals surface area contributed by atoms with Gasteiger partial charge in [-0.3, -0.25) is 0 Å². The van der Waals surface area contributed by atoms with Gasteiger partial charge in [-0.2, -0.15) is 0 Å². The van der Waals surface area contributed by atoms with Crippen molar-refractivity contribution in [1.82, 2.24) is 15.5 Å². The predicted molar refractivity (Wildman–Crippen MR) is 124 cm³/mol. The van der Waals surface area contributed by atoms with Crippen LogP contribution in [0.2, 0.25) is 0 Å². The van der Waals surface area contributed by atoms with Gasteiger partial charge in [-0.1, -0.05) is 42.5 Å². The third-order valence-electron chi connectivity index (χ3n) is 4.73. The number of benzene rings is 2. The van der Waals surface area contributed by atoms with Crippen LogP contribution in [0.15, 0.2) is 59.6 Å². The zero-order valence-electron chi connectivity index (χ0n) is 18.7. The lowest BCUT2D eigenvalue weighted by atomic mass is 10.1. The van der Waals surface area contributed by atoms with E-state index in [9.17, 15) is 0 Å². The summed E-state index contributed by atoms with van der Waals surface area (Å²) in [6, 6.07) is 18.7. The fraction of sp³-hybridized carbons (Fsp3) is 0.458. The van der Waals surface area contributed by atoms with Crippen LogP contribution in [0.5, 0.6) is 5.75 Å². The number of hydrogen-bond acceptors (Lipinski definition) is 4. The Bertz CT molecular complexity index is 752. The molecule has 6 heteroatoms. The highest BCUT2D eigenvalue weighted by molar-refractivity contribution is 5.80. The van der Waals surface area contributed by atoms with Crippen LogP contribution in [0, 0.1) is 0 Å². The summed E-state index contributed by atoms with van der Waals surface area (Å²) in [6.07, 6.45) is 0. The number of ether oxygens (including phenoxy) is 2. The lowest BCUT2D eigenvalue weighted by Crippen LogP contribution is -2.38. The van der Waals surface area contributed by atoms with Gasteiger partial charge in [0, 0.05) is 26.7 Å². The van der Waals surface area contributed by atoms with E-state index in [0.29, 0.717) is 13.2 Å². The molecule has 1 atom stereocenters. The molecule has 2 rings (SSSR count). The molecule has 0 heterocycles. The van der Waals surface area contributed by atoms with Crippen LogP contribution < -0.4 is 15.4 Å². The van der Waals surface area contributed by atoms with Gasteiger partial charge in [0.2, 0.25) is 0 Å². The second-order valence-corrected chi connectivity index (χ2v) is 7.26. The maximum absolute atomic E-state index is 5.91. The van der Waals surface area contributed by atoms with Gasteiger partial charge in [0.05, 0.1) is 19.2 Å². The highest BCUT2D eigenvalue weighted by atomic mass is 16.5. The SMILES string of the molecule is CCNC(=NCc1cccc(OCCN(C)CCOC)c1)NC(C)c1ccccc1. The average Bonchev–Trinajstić information content (AvgIpc) is 2.77. The molecule has 2 aromatic rings. The molecule has 0 amide bonds. The Morgan fingerprint density at radius 2 is 1.83 bits per heavy atom. The zero-order valence-corrected chi connectivity index (χ0v) is 18.7. The lowest BCUT2D eigenvalue weighted by molar-refractivity contribution is 0.150. The van der Waals surface area contributed by atoms with E-state index in [1.807, 2.05) is 18.2 Å². The van der Waals surface area contributed by atoms with E-state index in [0.717, 1.165) is 43.5 Å². The Morgan fingerprint density at radius 3 is 2.57 bits per heavy atom. The van der Waals surface area contributed by atoms with E-state index in [2.05, 4.69) is 72.8 Å². The van der Waals surface area contributed by atoms with Crippen LogP contribution in [-0.4, -0.2) is 57.9 Å². The summed E-state index contributed by atoms with van der Waals surface area (Å²) >= 11 is 0. The van der Waals surface area contributed by atoms with Gasteiger partial charge >= 0.3 is 0 Å². The van der Waals surface area contributed by atoms with Gasteiger partial charge in [0.1, 0.15) is 12.4 Å². The van der Waals surface area contributed by atoms with Crippen LogP contribution in [0.25, 0.3) is 0 Å². The first-order valence-corrected chi connectivity index (χ1v) is 10.6. The molecule has 0 aliphatic carbocycles. The first-order valence-electron chi connectivity index (χ1n) is 10.6. The van der Waals surface area contributed by atoms with Crippen LogP contribution in [0.1, 0.15) is 31.0 Å². The molecule has 164 valence electrons. The molecular weight excluding hydrogens is 376 g/mol. The van der Waals surface area contributed by atoms with Crippen molar-refractivity contribution in [3.8, 4) is 5.75 Å². The number of nitrogens with one attached hydrogen (secondary N) is 2. The van der Waals surface area contributed by atoms with Crippen molar-refractivity contribution in [3.63, 3.8) is 0 Å². The number of hydrogen-bond donors (Lipinski definition) is 2. The maximum atomic E-state index is 5.91. The first kappa shape index (κ1) is 23.7. The van der Waals surface area contributed by atoms with Crippen LogP contribution >= 0.6 is 0 Å². The number of guanidine groups is 1. The summed E-state index contributed by atoms with van der Waals surface area (Å²) < 4.78 is 11.0. The summed E-state index contributed by atoms with van der Waals surface area (Å²) in [5, 5.41) is 6.80. The minimum absolute atomic E-state index is 0.175. The molecule has 0 saturated carbocycles. The molecule has 0 aliphatic heterocycles. The molecule has 30 heavy (non-hydrogen) atoms. The molecule has 0 fully saturated rings. The van der Waals surface area contributed by atoms with E-state index < -0.39 is 0 Å². The van der Waals surface area contributed by atoms with Crippen molar-refractivity contribution >= 4 is 5.96 Å². The molecule has 0 aliphatic rings. The molecule has 0 bridgehead atoms. The fourth-order valence-electron chi connectivity index (χ4n) is 2.93. The second kappa shape index (κ2) is 13.6. The highest BCUT2D eigenvalue weighted by Gasteiger charge is 2.07. The van der Waals surface area contributed by atoms with E-state index in [1.54, 1.807) is 7.11 Å². The topological polar surface area (TPSA) is 58.1 Å². The van der Waals surface area contributed by atoms with E-state index in [4.69, 9.17) is 14.5 Å². The Morgan fingerprint density at radius 1 is 1.07 bits per heavy atom. The summed E-state index contributed by atoms with van der Waals surface area (Å²) in [5.74, 6) is 1.68. The van der Waals surface area contributed by atoms with Crippen LogP contribution in [0.4, 0.5) is 0 Å². The summed E-state index contributed by atoms with van der Waals surface area (Å²) in [6.45, 7) is 8.74. The van der Waals surface area contributed by atoms with Gasteiger partial charge < -0.3 is 25.0 Å². The molecule has 1 unspecified atom stereocenters. The smallest absolute Gasteiger partial charge is 0.192 e. The van der Waals surface area contributed by atoms with E-state index in [-0.39, 0.29) is 6.04 Å². The summed E-state index contributed by atoms with van der Waals surface area (Å²) in [7, 11) is 3.79. The van der Waals surface area contributed by atoms with Crippen molar-refractivity contribution < 1.29 is 9.47 Å². The van der Waals surface area contributed by atoms with Crippen LogP contribution in [-0.2, 0) is 11.3 Å². The van der Waals surface area contributed by atoms with E-state index >= 15 is 0 Å². The Labute approximate surface area is 181 Å². The number of likely N-dealkylation sites (N-methyl/N-ethyl adjacent to an activating group) is 1. The minimum atomic E-state index is 0.175. The van der Waals surface area contributed by atoms with Crippen molar-refractivity contribution in [2.45, 2.75) is 26.4 Å². The second-order valence-electron chi connectivity index (χ2n) is 7.26. The largest absolute Gasteiger partial charge is 0.492 e. The number of rotatable bonds is 12. The molecule has 2 aromatic carbocycles. The van der Waals surface area contributed by atoms with Gasteiger partial charge in [-0.05, 0) is 44.2 Å². The average molecular weight is 413 g/mol. The van der Waals surface area contributed by atoms with Crippen molar-refractivity contribution in [2.24, 2.45) is 4.99 Å². The quantitative estimate of drug-likeness (QED) is 0.413. The normalized spacial score (nSPS) is 12.6. The minimum Gasteiger partial charge on any atom is -0.492 e. The van der Waals surface area contributed by atoms with E-state index in [1.165, 1.54) is 5.56 Å². The van der Waals surface area contributed by atoms with Gasteiger partial charge in [0.25, 0.3) is 0 Å². The molecule has 0 saturated heterocycles. The molecule has 0 radical (unpaired) electrons. The standard InChI is InChI=1S/C24H36N4O2/c1-5-25-24(27-20(2)22-11-7-6-8-12-22)26-19-21-10-9-13-23(18-21)30-17-15-28(3)14-16-29-4/h6-13,18,20H,5,14-17,19H2,1-4H3,(H2,25,26,27). The third-order valence-corrected chi connectivity index (χ3v) is 4.73. The van der Waals surface area contributed by atoms with Crippen LogP contribution in [0.3, 0.4) is 0 Å². The summed E-state index contributed by atoms with van der Waals surface area (Å²) in [5.41, 5.74) is 2.35. The predicted octanol–water partition coefficient (Wildman–Crippen LogP) is 3.46. The van der Waals surface area contributed by atoms with Crippen molar-refractivity contribution in [1.29, 1.82) is 0 Å². The Kier molecular flexibility index (Phi) is 10.8. The molecule has 0 spiro atoms.